The van der Waals surface area contributed by atoms with Crippen LogP contribution >= 0.6 is 0 Å². The Morgan fingerprint density at radius 2 is 2.13 bits per heavy atom. The van der Waals surface area contributed by atoms with Crippen molar-refractivity contribution in [3.8, 4) is 0 Å². The van der Waals surface area contributed by atoms with Gasteiger partial charge in [0.05, 0.1) is 5.56 Å². The van der Waals surface area contributed by atoms with Gasteiger partial charge in [-0.15, -0.1) is 0 Å². The number of nitrogens with zero attached hydrogens (tertiary/aromatic N) is 1. The Labute approximate surface area is 89.7 Å². The summed E-state index contributed by atoms with van der Waals surface area (Å²) in [7, 11) is 1.69. The van der Waals surface area contributed by atoms with Crippen molar-refractivity contribution in [1.29, 1.82) is 0 Å². The highest BCUT2D eigenvalue weighted by atomic mass is 19.1. The minimum Gasteiger partial charge on any atom is -0.342 e. The molecule has 0 heterocycles. The molecule has 2 nitrogen and oxygen atoms in total. The predicted octanol–water partition coefficient (Wildman–Crippen LogP) is 2.62. The second-order valence-corrected chi connectivity index (χ2v) is 3.71. The van der Waals surface area contributed by atoms with E-state index < -0.39 is 5.82 Å². The molecule has 1 amide bonds. The van der Waals surface area contributed by atoms with Gasteiger partial charge in [-0.3, -0.25) is 4.79 Å². The van der Waals surface area contributed by atoms with Crippen LogP contribution in [-0.4, -0.2) is 24.4 Å². The molecule has 1 aromatic rings. The first-order valence-corrected chi connectivity index (χ1v) is 5.08. The Hall–Kier alpha value is -1.38. The van der Waals surface area contributed by atoms with E-state index in [9.17, 15) is 9.18 Å². The number of hydrogen-bond acceptors (Lipinski definition) is 1. The fourth-order valence-corrected chi connectivity index (χ4v) is 1.45. The van der Waals surface area contributed by atoms with Crippen molar-refractivity contribution in [2.24, 2.45) is 0 Å². The van der Waals surface area contributed by atoms with Crippen molar-refractivity contribution in [3.63, 3.8) is 0 Å². The van der Waals surface area contributed by atoms with E-state index in [2.05, 4.69) is 0 Å². The van der Waals surface area contributed by atoms with Crippen LogP contribution in [0.15, 0.2) is 18.2 Å². The molecule has 0 aliphatic heterocycles. The SMILES string of the molecule is CCCN(C)C(=O)c1cc(C)ccc1F. The molecule has 0 saturated carbocycles. The number of benzene rings is 1. The molecule has 0 aliphatic rings. The number of carbonyl (C=O) groups is 1. The van der Waals surface area contributed by atoms with Gasteiger partial charge in [0, 0.05) is 13.6 Å². The van der Waals surface area contributed by atoms with E-state index in [4.69, 9.17) is 0 Å². The van der Waals surface area contributed by atoms with Gasteiger partial charge in [-0.1, -0.05) is 18.6 Å². The van der Waals surface area contributed by atoms with Gasteiger partial charge < -0.3 is 4.90 Å². The largest absolute Gasteiger partial charge is 0.342 e. The minimum absolute atomic E-state index is 0.158. The van der Waals surface area contributed by atoms with Crippen LogP contribution in [0.4, 0.5) is 4.39 Å². The van der Waals surface area contributed by atoms with Crippen molar-refractivity contribution in [1.82, 2.24) is 4.90 Å². The van der Waals surface area contributed by atoms with Crippen LogP contribution in [0.2, 0.25) is 0 Å². The Bertz CT molecular complexity index is 363. The number of rotatable bonds is 3. The lowest BCUT2D eigenvalue weighted by Crippen LogP contribution is -2.28. The van der Waals surface area contributed by atoms with Gasteiger partial charge in [0.15, 0.2) is 0 Å². The molecule has 0 unspecified atom stereocenters. The van der Waals surface area contributed by atoms with Crippen molar-refractivity contribution in [2.75, 3.05) is 13.6 Å². The standard InChI is InChI=1S/C12H16FNO/c1-4-7-14(3)12(15)10-8-9(2)5-6-11(10)13/h5-6,8H,4,7H2,1-3H3. The van der Waals surface area contributed by atoms with E-state index in [-0.39, 0.29) is 11.5 Å². The summed E-state index contributed by atoms with van der Waals surface area (Å²) in [6.07, 6.45) is 0.871. The van der Waals surface area contributed by atoms with Crippen LogP contribution in [0.1, 0.15) is 29.3 Å². The maximum Gasteiger partial charge on any atom is 0.256 e. The second kappa shape index (κ2) is 4.91. The van der Waals surface area contributed by atoms with Crippen LogP contribution in [-0.2, 0) is 0 Å². The quantitative estimate of drug-likeness (QED) is 0.749. The first-order valence-electron chi connectivity index (χ1n) is 5.08. The summed E-state index contributed by atoms with van der Waals surface area (Å²) in [6, 6.07) is 4.58. The number of amides is 1. The molecule has 1 aromatic carbocycles. The molecule has 1 rings (SSSR count). The highest BCUT2D eigenvalue weighted by Gasteiger charge is 2.15. The molecule has 0 saturated heterocycles. The topological polar surface area (TPSA) is 20.3 Å². The minimum atomic E-state index is -0.450. The van der Waals surface area contributed by atoms with E-state index in [1.165, 1.54) is 11.0 Å². The highest BCUT2D eigenvalue weighted by molar-refractivity contribution is 5.94. The molecule has 0 N–H and O–H groups in total. The first-order chi connectivity index (χ1) is 7.06. The fraction of sp³-hybridized carbons (Fsp3) is 0.417. The van der Waals surface area contributed by atoms with Crippen LogP contribution in [0, 0.1) is 12.7 Å². The third kappa shape index (κ3) is 2.78. The molecule has 82 valence electrons. The zero-order valence-electron chi connectivity index (χ0n) is 9.38. The third-order valence-corrected chi connectivity index (χ3v) is 2.26. The lowest BCUT2D eigenvalue weighted by molar-refractivity contribution is 0.0790. The number of halogens is 1. The monoisotopic (exact) mass is 209 g/mol. The summed E-state index contributed by atoms with van der Waals surface area (Å²) in [5.74, 6) is -0.702. The van der Waals surface area contributed by atoms with Gasteiger partial charge in [-0.05, 0) is 25.5 Å². The van der Waals surface area contributed by atoms with Crippen LogP contribution in [0.5, 0.6) is 0 Å². The molecule has 3 heteroatoms. The molecular weight excluding hydrogens is 193 g/mol. The number of hydrogen-bond donors (Lipinski definition) is 0. The normalized spacial score (nSPS) is 10.1. The Kier molecular flexibility index (Phi) is 3.83. The van der Waals surface area contributed by atoms with E-state index in [0.717, 1.165) is 12.0 Å². The van der Waals surface area contributed by atoms with Gasteiger partial charge in [0.2, 0.25) is 0 Å². The summed E-state index contributed by atoms with van der Waals surface area (Å²) in [5.41, 5.74) is 1.05. The van der Waals surface area contributed by atoms with E-state index >= 15 is 0 Å². The lowest BCUT2D eigenvalue weighted by atomic mass is 10.1. The third-order valence-electron chi connectivity index (χ3n) is 2.26. The molecule has 0 aromatic heterocycles. The van der Waals surface area contributed by atoms with Crippen LogP contribution in [0.25, 0.3) is 0 Å². The average molecular weight is 209 g/mol. The van der Waals surface area contributed by atoms with Crippen molar-refractivity contribution in [3.05, 3.63) is 35.1 Å². The molecule has 0 aliphatic carbocycles. The number of carbonyl (C=O) groups excluding carboxylic acids is 1. The first kappa shape index (κ1) is 11.7. The van der Waals surface area contributed by atoms with Gasteiger partial charge in [-0.25, -0.2) is 4.39 Å². The summed E-state index contributed by atoms with van der Waals surface area (Å²) in [4.78, 5) is 13.3. The summed E-state index contributed by atoms with van der Waals surface area (Å²) in [5, 5.41) is 0. The Morgan fingerprint density at radius 3 is 2.73 bits per heavy atom. The van der Waals surface area contributed by atoms with Crippen LogP contribution in [0.3, 0.4) is 0 Å². The fourth-order valence-electron chi connectivity index (χ4n) is 1.45. The highest BCUT2D eigenvalue weighted by Crippen LogP contribution is 2.12. The molecule has 0 spiro atoms. The second-order valence-electron chi connectivity index (χ2n) is 3.71. The summed E-state index contributed by atoms with van der Waals surface area (Å²) >= 11 is 0. The summed E-state index contributed by atoms with van der Waals surface area (Å²) < 4.78 is 13.4. The van der Waals surface area contributed by atoms with Gasteiger partial charge in [0.25, 0.3) is 5.91 Å². The van der Waals surface area contributed by atoms with Gasteiger partial charge >= 0.3 is 0 Å². The number of aryl methyl sites for hydroxylation is 1. The van der Waals surface area contributed by atoms with E-state index in [1.807, 2.05) is 13.8 Å². The molecule has 0 fully saturated rings. The lowest BCUT2D eigenvalue weighted by Gasteiger charge is -2.16. The van der Waals surface area contributed by atoms with Crippen molar-refractivity contribution < 1.29 is 9.18 Å². The maximum atomic E-state index is 13.4. The van der Waals surface area contributed by atoms with E-state index in [0.29, 0.717) is 6.54 Å². The Balaban J connectivity index is 2.95. The summed E-state index contributed by atoms with van der Waals surface area (Å²) in [6.45, 7) is 4.47. The zero-order chi connectivity index (χ0) is 11.4. The molecule has 0 bridgehead atoms. The van der Waals surface area contributed by atoms with Gasteiger partial charge in [-0.2, -0.15) is 0 Å². The molecule has 0 atom stereocenters. The molecule has 15 heavy (non-hydrogen) atoms. The smallest absolute Gasteiger partial charge is 0.256 e. The average Bonchev–Trinajstić information content (AvgIpc) is 2.21. The van der Waals surface area contributed by atoms with Crippen molar-refractivity contribution >= 4 is 5.91 Å². The van der Waals surface area contributed by atoms with Crippen LogP contribution < -0.4 is 0 Å². The molecule has 0 radical (unpaired) electrons. The van der Waals surface area contributed by atoms with E-state index in [1.54, 1.807) is 19.2 Å². The maximum absolute atomic E-state index is 13.4. The Morgan fingerprint density at radius 1 is 1.47 bits per heavy atom. The zero-order valence-corrected chi connectivity index (χ0v) is 9.38. The molecular formula is C12H16FNO. The van der Waals surface area contributed by atoms with Crippen molar-refractivity contribution in [2.45, 2.75) is 20.3 Å². The van der Waals surface area contributed by atoms with Gasteiger partial charge in [0.1, 0.15) is 5.82 Å². The predicted molar refractivity (Wildman–Crippen MR) is 58.4 cm³/mol.